The number of carboxylic acid groups (broad SMARTS) is 1. The van der Waals surface area contributed by atoms with Gasteiger partial charge >= 0.3 is 5.97 Å². The van der Waals surface area contributed by atoms with Crippen LogP contribution in [0.3, 0.4) is 0 Å². The van der Waals surface area contributed by atoms with E-state index < -0.39 is 5.97 Å². The van der Waals surface area contributed by atoms with Crippen molar-refractivity contribution in [3.63, 3.8) is 0 Å². The van der Waals surface area contributed by atoms with E-state index in [1.54, 1.807) is 0 Å². The molecule has 1 amide bonds. The van der Waals surface area contributed by atoms with Crippen molar-refractivity contribution in [2.24, 2.45) is 5.92 Å². The molecule has 0 aliphatic carbocycles. The number of carbonyl (C=O) groups is 2. The number of carbonyl (C=O) groups excluding carboxylic acids is 1. The fourth-order valence-corrected chi connectivity index (χ4v) is 1.37. The van der Waals surface area contributed by atoms with Crippen LogP contribution < -0.4 is 5.32 Å². The second-order valence-electron chi connectivity index (χ2n) is 4.29. The van der Waals surface area contributed by atoms with Crippen LogP contribution in [-0.4, -0.2) is 17.0 Å². The molecule has 0 aliphatic rings. The van der Waals surface area contributed by atoms with E-state index in [9.17, 15) is 9.59 Å². The molecular formula is C14H17NO3. The molecule has 0 fully saturated rings. The lowest BCUT2D eigenvalue weighted by atomic mass is 10.1. The van der Waals surface area contributed by atoms with Gasteiger partial charge in [0.15, 0.2) is 0 Å². The zero-order chi connectivity index (χ0) is 13.5. The van der Waals surface area contributed by atoms with E-state index in [1.165, 1.54) is 6.08 Å². The molecule has 18 heavy (non-hydrogen) atoms. The van der Waals surface area contributed by atoms with Gasteiger partial charge in [0.2, 0.25) is 5.91 Å². The molecule has 0 atom stereocenters. The van der Waals surface area contributed by atoms with E-state index in [1.807, 2.05) is 38.1 Å². The minimum absolute atomic E-state index is 0.00137. The van der Waals surface area contributed by atoms with E-state index in [-0.39, 0.29) is 11.8 Å². The van der Waals surface area contributed by atoms with Gasteiger partial charge in [-0.1, -0.05) is 32.0 Å². The Morgan fingerprint density at radius 2 is 2.11 bits per heavy atom. The Labute approximate surface area is 106 Å². The lowest BCUT2D eigenvalue weighted by molar-refractivity contribution is -0.131. The molecular weight excluding hydrogens is 230 g/mol. The van der Waals surface area contributed by atoms with Gasteiger partial charge in [0.25, 0.3) is 0 Å². The Bertz CT molecular complexity index is 464. The summed E-state index contributed by atoms with van der Waals surface area (Å²) in [5.74, 6) is -1.02. The maximum Gasteiger partial charge on any atom is 0.328 e. The van der Waals surface area contributed by atoms with Crippen LogP contribution in [-0.2, 0) is 16.1 Å². The van der Waals surface area contributed by atoms with Gasteiger partial charge in [-0.3, -0.25) is 4.79 Å². The Morgan fingerprint density at radius 3 is 2.72 bits per heavy atom. The van der Waals surface area contributed by atoms with Crippen LogP contribution in [0.1, 0.15) is 25.0 Å². The standard InChI is InChI=1S/C14H17NO3/c1-10(2)14(18)15-9-12-5-3-4-11(8-12)6-7-13(16)17/h3-8,10H,9H2,1-2H3,(H,15,18)(H,16,17). The molecule has 96 valence electrons. The molecule has 1 aromatic carbocycles. The van der Waals surface area contributed by atoms with Gasteiger partial charge in [-0.15, -0.1) is 0 Å². The summed E-state index contributed by atoms with van der Waals surface area (Å²) in [5, 5.41) is 11.3. The first-order chi connectivity index (χ1) is 8.49. The average Bonchev–Trinajstić information content (AvgIpc) is 2.33. The number of aliphatic carboxylic acids is 1. The number of rotatable bonds is 5. The van der Waals surface area contributed by atoms with Gasteiger partial charge in [-0.25, -0.2) is 4.79 Å². The molecule has 0 saturated heterocycles. The predicted octanol–water partition coefficient (Wildman–Crippen LogP) is 2.06. The van der Waals surface area contributed by atoms with Gasteiger partial charge in [0.05, 0.1) is 0 Å². The summed E-state index contributed by atoms with van der Waals surface area (Å²) in [6.07, 6.45) is 2.61. The van der Waals surface area contributed by atoms with Gasteiger partial charge < -0.3 is 10.4 Å². The molecule has 4 nitrogen and oxygen atoms in total. The van der Waals surface area contributed by atoms with Crippen molar-refractivity contribution >= 4 is 18.0 Å². The number of amides is 1. The van der Waals surface area contributed by atoms with Crippen molar-refractivity contribution in [3.8, 4) is 0 Å². The van der Waals surface area contributed by atoms with Crippen molar-refractivity contribution in [3.05, 3.63) is 41.5 Å². The maximum absolute atomic E-state index is 11.4. The number of carboxylic acids is 1. The van der Waals surface area contributed by atoms with Crippen molar-refractivity contribution in [2.75, 3.05) is 0 Å². The normalized spacial score (nSPS) is 10.8. The highest BCUT2D eigenvalue weighted by Crippen LogP contribution is 2.07. The third-order valence-corrected chi connectivity index (χ3v) is 2.36. The molecule has 0 heterocycles. The third-order valence-electron chi connectivity index (χ3n) is 2.36. The topological polar surface area (TPSA) is 66.4 Å². The Balaban J connectivity index is 2.65. The fourth-order valence-electron chi connectivity index (χ4n) is 1.37. The van der Waals surface area contributed by atoms with E-state index in [4.69, 9.17) is 5.11 Å². The van der Waals surface area contributed by atoms with Crippen LogP contribution in [0.4, 0.5) is 0 Å². The predicted molar refractivity (Wildman–Crippen MR) is 69.8 cm³/mol. The van der Waals surface area contributed by atoms with Gasteiger partial charge in [0.1, 0.15) is 0 Å². The zero-order valence-corrected chi connectivity index (χ0v) is 10.5. The summed E-state index contributed by atoms with van der Waals surface area (Å²) in [7, 11) is 0. The van der Waals surface area contributed by atoms with Gasteiger partial charge in [-0.2, -0.15) is 0 Å². The smallest absolute Gasteiger partial charge is 0.328 e. The monoisotopic (exact) mass is 247 g/mol. The molecule has 0 spiro atoms. The largest absolute Gasteiger partial charge is 0.478 e. The number of hydrogen-bond donors (Lipinski definition) is 2. The summed E-state index contributed by atoms with van der Waals surface area (Å²) in [6.45, 7) is 4.12. The highest BCUT2D eigenvalue weighted by molar-refractivity contribution is 5.85. The molecule has 0 radical (unpaired) electrons. The highest BCUT2D eigenvalue weighted by Gasteiger charge is 2.05. The highest BCUT2D eigenvalue weighted by atomic mass is 16.4. The maximum atomic E-state index is 11.4. The first-order valence-corrected chi connectivity index (χ1v) is 5.76. The lowest BCUT2D eigenvalue weighted by Gasteiger charge is -2.08. The average molecular weight is 247 g/mol. The molecule has 2 N–H and O–H groups in total. The van der Waals surface area contributed by atoms with Crippen LogP contribution in [0.15, 0.2) is 30.3 Å². The van der Waals surface area contributed by atoms with E-state index in [2.05, 4.69) is 5.32 Å². The van der Waals surface area contributed by atoms with E-state index in [0.29, 0.717) is 6.54 Å². The van der Waals surface area contributed by atoms with Crippen LogP contribution in [0, 0.1) is 5.92 Å². The van der Waals surface area contributed by atoms with Crippen molar-refractivity contribution < 1.29 is 14.7 Å². The van der Waals surface area contributed by atoms with E-state index in [0.717, 1.165) is 17.2 Å². The summed E-state index contributed by atoms with van der Waals surface area (Å²) in [6, 6.07) is 7.38. The molecule has 0 saturated carbocycles. The van der Waals surface area contributed by atoms with Crippen molar-refractivity contribution in [2.45, 2.75) is 20.4 Å². The SMILES string of the molecule is CC(C)C(=O)NCc1cccc(C=CC(=O)O)c1. The van der Waals surface area contributed by atoms with Crippen LogP contribution in [0.25, 0.3) is 6.08 Å². The summed E-state index contributed by atoms with van der Waals surface area (Å²) in [5.41, 5.74) is 1.74. The third kappa shape index (κ3) is 4.82. The molecule has 1 rings (SSSR count). The van der Waals surface area contributed by atoms with E-state index >= 15 is 0 Å². The Kier molecular flexibility index (Phi) is 5.11. The zero-order valence-electron chi connectivity index (χ0n) is 10.5. The summed E-state index contributed by atoms with van der Waals surface area (Å²) < 4.78 is 0. The second kappa shape index (κ2) is 6.59. The fraction of sp³-hybridized carbons (Fsp3) is 0.286. The molecule has 4 heteroatoms. The van der Waals surface area contributed by atoms with Crippen LogP contribution in [0.2, 0.25) is 0 Å². The van der Waals surface area contributed by atoms with Crippen molar-refractivity contribution in [1.82, 2.24) is 5.32 Å². The summed E-state index contributed by atoms with van der Waals surface area (Å²) >= 11 is 0. The minimum Gasteiger partial charge on any atom is -0.478 e. The van der Waals surface area contributed by atoms with Crippen molar-refractivity contribution in [1.29, 1.82) is 0 Å². The quantitative estimate of drug-likeness (QED) is 0.783. The Morgan fingerprint density at radius 1 is 1.39 bits per heavy atom. The summed E-state index contributed by atoms with van der Waals surface area (Å²) in [4.78, 5) is 21.8. The number of nitrogens with one attached hydrogen (secondary N) is 1. The molecule has 0 aromatic heterocycles. The lowest BCUT2D eigenvalue weighted by Crippen LogP contribution is -2.27. The van der Waals surface area contributed by atoms with Gasteiger partial charge in [0, 0.05) is 18.5 Å². The molecule has 1 aromatic rings. The van der Waals surface area contributed by atoms with Crippen LogP contribution >= 0.6 is 0 Å². The Hall–Kier alpha value is -2.10. The molecule has 0 bridgehead atoms. The number of benzene rings is 1. The molecule has 0 unspecified atom stereocenters. The minimum atomic E-state index is -0.978. The van der Waals surface area contributed by atoms with Crippen LogP contribution in [0.5, 0.6) is 0 Å². The van der Waals surface area contributed by atoms with Gasteiger partial charge in [-0.05, 0) is 23.3 Å². The first kappa shape index (κ1) is 14.0. The first-order valence-electron chi connectivity index (χ1n) is 5.76. The number of hydrogen-bond acceptors (Lipinski definition) is 2. The second-order valence-corrected chi connectivity index (χ2v) is 4.29. The molecule has 0 aliphatic heterocycles.